The van der Waals surface area contributed by atoms with Gasteiger partial charge in [-0.3, -0.25) is 0 Å². The molecule has 0 bridgehead atoms. The van der Waals surface area contributed by atoms with Gasteiger partial charge in [-0.1, -0.05) is 42.0 Å². The Hall–Kier alpha value is -1.58. The van der Waals surface area contributed by atoms with Crippen molar-refractivity contribution in [2.45, 2.75) is 0 Å². The minimum absolute atomic E-state index is 0.727. The van der Waals surface area contributed by atoms with E-state index in [2.05, 4.69) is 5.32 Å². The third-order valence-corrected chi connectivity index (χ3v) is 3.12. The van der Waals surface area contributed by atoms with Crippen LogP contribution in [0.25, 0.3) is 5.70 Å². The minimum atomic E-state index is 0.727. The van der Waals surface area contributed by atoms with Crippen molar-refractivity contribution in [3.05, 3.63) is 65.0 Å². The molecule has 1 aromatic carbocycles. The second kappa shape index (κ2) is 5.85. The molecular formula is C14H13ClN2S. The highest BCUT2D eigenvalue weighted by Crippen LogP contribution is 2.23. The molecule has 0 radical (unpaired) electrons. The first-order valence-electron chi connectivity index (χ1n) is 5.52. The van der Waals surface area contributed by atoms with E-state index in [1.54, 1.807) is 5.49 Å². The molecule has 2 nitrogen and oxygen atoms in total. The molecule has 0 unspecified atom stereocenters. The van der Waals surface area contributed by atoms with Crippen LogP contribution in [0.1, 0.15) is 5.56 Å². The fraction of sp³-hybridized carbons (Fsp3) is 0.0714. The molecule has 0 atom stereocenters. The molecule has 18 heavy (non-hydrogen) atoms. The molecule has 2 rings (SSSR count). The van der Waals surface area contributed by atoms with Crippen molar-refractivity contribution in [1.29, 1.82) is 0 Å². The van der Waals surface area contributed by atoms with Gasteiger partial charge < -0.3 is 10.2 Å². The fourth-order valence-electron chi connectivity index (χ4n) is 1.80. The van der Waals surface area contributed by atoms with Gasteiger partial charge in [0.1, 0.15) is 0 Å². The van der Waals surface area contributed by atoms with Crippen LogP contribution in [0.2, 0.25) is 5.02 Å². The van der Waals surface area contributed by atoms with Crippen LogP contribution in [0, 0.1) is 0 Å². The summed E-state index contributed by atoms with van der Waals surface area (Å²) in [5.74, 6) is 0. The second-order valence-corrected chi connectivity index (χ2v) is 4.38. The van der Waals surface area contributed by atoms with Crippen molar-refractivity contribution in [1.82, 2.24) is 10.2 Å². The maximum absolute atomic E-state index is 5.91. The van der Waals surface area contributed by atoms with E-state index in [0.29, 0.717) is 0 Å². The number of benzene rings is 1. The van der Waals surface area contributed by atoms with Gasteiger partial charge >= 0.3 is 0 Å². The highest BCUT2D eigenvalue weighted by atomic mass is 35.5. The highest BCUT2D eigenvalue weighted by Gasteiger charge is 2.11. The molecule has 0 saturated heterocycles. The zero-order valence-corrected chi connectivity index (χ0v) is 11.5. The Morgan fingerprint density at radius 1 is 1.28 bits per heavy atom. The third-order valence-electron chi connectivity index (χ3n) is 2.64. The first kappa shape index (κ1) is 12.9. The Morgan fingerprint density at radius 3 is 2.61 bits per heavy atom. The molecule has 0 saturated carbocycles. The molecule has 0 spiro atoms. The maximum atomic E-state index is 5.91. The molecule has 0 amide bonds. The van der Waals surface area contributed by atoms with E-state index >= 15 is 0 Å². The van der Waals surface area contributed by atoms with Crippen LogP contribution >= 0.6 is 23.8 Å². The lowest BCUT2D eigenvalue weighted by atomic mass is 10.1. The molecule has 92 valence electrons. The first-order valence-corrected chi connectivity index (χ1v) is 6.37. The largest absolute Gasteiger partial charge is 0.386 e. The van der Waals surface area contributed by atoms with Crippen molar-refractivity contribution in [2.24, 2.45) is 0 Å². The first-order chi connectivity index (χ1) is 8.76. The number of allylic oxidation sites excluding steroid dienone is 3. The minimum Gasteiger partial charge on any atom is -0.386 e. The predicted molar refractivity (Wildman–Crippen MR) is 81.2 cm³/mol. The summed E-state index contributed by atoms with van der Waals surface area (Å²) in [6.07, 6.45) is 7.87. The van der Waals surface area contributed by atoms with Crippen molar-refractivity contribution in [2.75, 3.05) is 7.05 Å². The quantitative estimate of drug-likeness (QED) is 0.850. The van der Waals surface area contributed by atoms with Gasteiger partial charge in [-0.05, 0) is 29.8 Å². The standard InChI is InChI=1S/C14H13ClN2S/c1-16-14(11-5-7-12(15)8-6-11)13-4-2-3-9-17(13)10-18/h2-10,16H,1H3/b14-13-. The zero-order valence-electron chi connectivity index (χ0n) is 9.93. The van der Waals surface area contributed by atoms with Gasteiger partial charge in [-0.25, -0.2) is 0 Å². The lowest BCUT2D eigenvalue weighted by Crippen LogP contribution is -2.19. The SMILES string of the molecule is CN/C(=C1/C=CC=CN1C=S)c1ccc(Cl)cc1. The molecule has 0 fully saturated rings. The lowest BCUT2D eigenvalue weighted by molar-refractivity contribution is 0.736. The molecule has 4 heteroatoms. The van der Waals surface area contributed by atoms with Crippen molar-refractivity contribution in [3.8, 4) is 0 Å². The number of halogens is 1. The Kier molecular flexibility index (Phi) is 4.18. The van der Waals surface area contributed by atoms with Gasteiger partial charge in [0.2, 0.25) is 0 Å². The number of nitrogens with zero attached hydrogens (tertiary/aromatic N) is 1. The van der Waals surface area contributed by atoms with E-state index in [9.17, 15) is 0 Å². The van der Waals surface area contributed by atoms with Crippen LogP contribution in [0.5, 0.6) is 0 Å². The molecule has 1 aliphatic heterocycles. The molecule has 1 aromatic rings. The fourth-order valence-corrected chi connectivity index (χ4v) is 2.11. The molecule has 0 aliphatic carbocycles. The lowest BCUT2D eigenvalue weighted by Gasteiger charge is -2.22. The molecule has 1 aliphatic rings. The van der Waals surface area contributed by atoms with Gasteiger partial charge in [0.15, 0.2) is 0 Å². The number of hydrogen-bond acceptors (Lipinski definition) is 2. The average Bonchev–Trinajstić information content (AvgIpc) is 2.42. The van der Waals surface area contributed by atoms with E-state index in [-0.39, 0.29) is 0 Å². The zero-order chi connectivity index (χ0) is 13.0. The van der Waals surface area contributed by atoms with E-state index in [0.717, 1.165) is 22.0 Å². The summed E-state index contributed by atoms with van der Waals surface area (Å²) in [4.78, 5) is 1.90. The van der Waals surface area contributed by atoms with Gasteiger partial charge in [0, 0.05) is 18.3 Å². The maximum Gasteiger partial charge on any atom is 0.0727 e. The average molecular weight is 277 g/mol. The summed E-state index contributed by atoms with van der Waals surface area (Å²) < 4.78 is 0. The monoisotopic (exact) mass is 276 g/mol. The van der Waals surface area contributed by atoms with Crippen LogP contribution in [0.15, 0.2) is 54.4 Å². The van der Waals surface area contributed by atoms with Crippen LogP contribution in [-0.4, -0.2) is 17.4 Å². The van der Waals surface area contributed by atoms with Crippen LogP contribution < -0.4 is 5.32 Å². The summed E-state index contributed by atoms with van der Waals surface area (Å²) in [7, 11) is 1.89. The topological polar surface area (TPSA) is 15.3 Å². The van der Waals surface area contributed by atoms with E-state index in [4.69, 9.17) is 23.8 Å². The van der Waals surface area contributed by atoms with Crippen LogP contribution in [-0.2, 0) is 0 Å². The van der Waals surface area contributed by atoms with Crippen molar-refractivity contribution < 1.29 is 0 Å². The highest BCUT2D eigenvalue weighted by molar-refractivity contribution is 7.78. The molecular weight excluding hydrogens is 264 g/mol. The van der Waals surface area contributed by atoms with Gasteiger partial charge in [-0.15, -0.1) is 0 Å². The summed E-state index contributed by atoms with van der Waals surface area (Å²) in [5, 5.41) is 3.94. The van der Waals surface area contributed by atoms with Crippen LogP contribution in [0.3, 0.4) is 0 Å². The van der Waals surface area contributed by atoms with E-state index in [1.807, 2.05) is 60.6 Å². The third kappa shape index (κ3) is 2.63. The Morgan fingerprint density at radius 2 is 2.00 bits per heavy atom. The van der Waals surface area contributed by atoms with E-state index in [1.165, 1.54) is 0 Å². The Bertz CT molecular complexity index is 529. The Labute approximate surface area is 117 Å². The number of hydrogen-bond donors (Lipinski definition) is 1. The van der Waals surface area contributed by atoms with Crippen molar-refractivity contribution >= 4 is 35.0 Å². The van der Waals surface area contributed by atoms with Crippen LogP contribution in [0.4, 0.5) is 0 Å². The molecule has 1 heterocycles. The van der Waals surface area contributed by atoms with Crippen molar-refractivity contribution in [3.63, 3.8) is 0 Å². The van der Waals surface area contributed by atoms with Gasteiger partial charge in [0.05, 0.1) is 16.9 Å². The summed E-state index contributed by atoms with van der Waals surface area (Å²) >= 11 is 10.9. The number of nitrogens with one attached hydrogen (secondary N) is 1. The molecule has 0 aromatic heterocycles. The smallest absolute Gasteiger partial charge is 0.0727 e. The predicted octanol–water partition coefficient (Wildman–Crippen LogP) is 3.57. The number of rotatable bonds is 3. The van der Waals surface area contributed by atoms with E-state index < -0.39 is 0 Å². The summed E-state index contributed by atoms with van der Waals surface area (Å²) in [6.45, 7) is 0. The van der Waals surface area contributed by atoms with Gasteiger partial charge in [-0.2, -0.15) is 0 Å². The normalized spacial score (nSPS) is 16.7. The second-order valence-electron chi connectivity index (χ2n) is 3.73. The summed E-state index contributed by atoms with van der Waals surface area (Å²) in [5.41, 5.74) is 4.70. The summed E-state index contributed by atoms with van der Waals surface area (Å²) in [6, 6.07) is 7.71. The Balaban J connectivity index is 2.49. The number of thiocarbonyl (C=S) groups is 1. The van der Waals surface area contributed by atoms with Gasteiger partial charge in [0.25, 0.3) is 0 Å². The molecule has 1 N–H and O–H groups in total.